The molecule has 6 heteroatoms. The maximum absolute atomic E-state index is 11.9. The number of carbonyl (C=O) groups is 2. The fourth-order valence-corrected chi connectivity index (χ4v) is 2.89. The van der Waals surface area contributed by atoms with E-state index >= 15 is 0 Å². The Morgan fingerprint density at radius 3 is 2.62 bits per heavy atom. The van der Waals surface area contributed by atoms with E-state index in [4.69, 9.17) is 5.11 Å². The van der Waals surface area contributed by atoms with Gasteiger partial charge in [-0.25, -0.2) is 4.79 Å². The number of carboxylic acids is 1. The van der Waals surface area contributed by atoms with Crippen molar-refractivity contribution in [3.63, 3.8) is 0 Å². The number of carbonyl (C=O) groups excluding carboxylic acids is 1. The summed E-state index contributed by atoms with van der Waals surface area (Å²) in [6.07, 6.45) is 0. The van der Waals surface area contributed by atoms with Gasteiger partial charge in [0.1, 0.15) is 0 Å². The van der Waals surface area contributed by atoms with Crippen LogP contribution in [0.5, 0.6) is 0 Å². The van der Waals surface area contributed by atoms with E-state index < -0.39 is 5.97 Å². The summed E-state index contributed by atoms with van der Waals surface area (Å²) in [7, 11) is 0. The number of rotatable bonds is 5. The average molecular weight is 413 g/mol. The topological polar surface area (TPSA) is 66.4 Å². The van der Waals surface area contributed by atoms with Gasteiger partial charge in [-0.3, -0.25) is 4.79 Å². The Morgan fingerprint density at radius 1 is 1.14 bits per heavy atom. The zero-order valence-corrected chi connectivity index (χ0v) is 13.8. The van der Waals surface area contributed by atoms with E-state index in [1.807, 2.05) is 24.3 Å². The number of carboxylic acid groups (broad SMARTS) is 1. The molecule has 0 bridgehead atoms. The Kier molecular flexibility index (Phi) is 5.63. The van der Waals surface area contributed by atoms with Gasteiger partial charge in [-0.05, 0) is 52.9 Å². The number of para-hydroxylation sites is 1. The van der Waals surface area contributed by atoms with Crippen molar-refractivity contribution in [1.82, 2.24) is 0 Å². The van der Waals surface area contributed by atoms with Crippen molar-refractivity contribution in [2.75, 3.05) is 11.1 Å². The highest BCUT2D eigenvalue weighted by atomic mass is 127. The van der Waals surface area contributed by atoms with Gasteiger partial charge >= 0.3 is 5.97 Å². The third kappa shape index (κ3) is 4.75. The second-order valence-corrected chi connectivity index (χ2v) is 6.36. The number of nitrogens with one attached hydrogen (secondary N) is 1. The summed E-state index contributed by atoms with van der Waals surface area (Å²) < 4.78 is 0.973. The zero-order valence-electron chi connectivity index (χ0n) is 10.9. The average Bonchev–Trinajstić information content (AvgIpc) is 2.48. The van der Waals surface area contributed by atoms with Crippen molar-refractivity contribution in [1.29, 1.82) is 0 Å². The number of amides is 1. The van der Waals surface area contributed by atoms with Crippen LogP contribution in [0.1, 0.15) is 10.4 Å². The smallest absolute Gasteiger partial charge is 0.335 e. The lowest BCUT2D eigenvalue weighted by Crippen LogP contribution is -2.14. The molecule has 0 saturated heterocycles. The van der Waals surface area contributed by atoms with Gasteiger partial charge in [0.25, 0.3) is 0 Å². The Labute approximate surface area is 140 Å². The second-order valence-electron chi connectivity index (χ2n) is 4.15. The van der Waals surface area contributed by atoms with Gasteiger partial charge < -0.3 is 10.4 Å². The maximum atomic E-state index is 11.9. The van der Waals surface area contributed by atoms with Gasteiger partial charge in [0.2, 0.25) is 5.91 Å². The molecule has 21 heavy (non-hydrogen) atoms. The number of hydrogen-bond acceptors (Lipinski definition) is 3. The number of aromatic carboxylic acids is 1. The molecule has 4 nitrogen and oxygen atoms in total. The van der Waals surface area contributed by atoms with Crippen LogP contribution in [-0.4, -0.2) is 22.7 Å². The Balaban J connectivity index is 1.94. The van der Waals surface area contributed by atoms with Crippen LogP contribution in [0.4, 0.5) is 5.69 Å². The van der Waals surface area contributed by atoms with Crippen LogP contribution in [0.15, 0.2) is 53.4 Å². The largest absolute Gasteiger partial charge is 0.478 e. The van der Waals surface area contributed by atoms with Crippen molar-refractivity contribution in [2.45, 2.75) is 4.90 Å². The maximum Gasteiger partial charge on any atom is 0.335 e. The first-order chi connectivity index (χ1) is 10.1. The summed E-state index contributed by atoms with van der Waals surface area (Å²) in [5.74, 6) is -0.862. The number of halogens is 1. The molecule has 0 fully saturated rings. The first-order valence-electron chi connectivity index (χ1n) is 6.07. The molecule has 2 N–H and O–H groups in total. The van der Waals surface area contributed by atoms with Crippen molar-refractivity contribution in [2.24, 2.45) is 0 Å². The minimum absolute atomic E-state index is 0.121. The van der Waals surface area contributed by atoms with E-state index in [2.05, 4.69) is 27.9 Å². The normalized spacial score (nSPS) is 10.1. The lowest BCUT2D eigenvalue weighted by atomic mass is 10.2. The van der Waals surface area contributed by atoms with Crippen molar-refractivity contribution < 1.29 is 14.7 Å². The van der Waals surface area contributed by atoms with E-state index in [-0.39, 0.29) is 17.2 Å². The highest BCUT2D eigenvalue weighted by Gasteiger charge is 2.08. The molecule has 1 amide bonds. The van der Waals surface area contributed by atoms with Crippen LogP contribution in [0.3, 0.4) is 0 Å². The van der Waals surface area contributed by atoms with Crippen molar-refractivity contribution in [3.8, 4) is 0 Å². The van der Waals surface area contributed by atoms with Crippen molar-refractivity contribution in [3.05, 3.63) is 57.7 Å². The van der Waals surface area contributed by atoms with Crippen LogP contribution in [-0.2, 0) is 4.79 Å². The number of benzene rings is 2. The van der Waals surface area contributed by atoms with Crippen molar-refractivity contribution >= 4 is 51.9 Å². The minimum Gasteiger partial charge on any atom is -0.478 e. The Morgan fingerprint density at radius 2 is 1.90 bits per heavy atom. The molecular formula is C15H12INO3S. The summed E-state index contributed by atoms with van der Waals surface area (Å²) in [4.78, 5) is 23.5. The zero-order chi connectivity index (χ0) is 15.2. The summed E-state index contributed by atoms with van der Waals surface area (Å²) in [6.45, 7) is 0. The monoisotopic (exact) mass is 413 g/mol. The summed E-state index contributed by atoms with van der Waals surface area (Å²) in [5, 5.41) is 11.8. The number of thioether (sulfide) groups is 1. The highest BCUT2D eigenvalue weighted by molar-refractivity contribution is 14.1. The molecule has 0 saturated carbocycles. The molecule has 0 heterocycles. The molecule has 0 aromatic heterocycles. The summed E-state index contributed by atoms with van der Waals surface area (Å²) >= 11 is 3.47. The Hall–Kier alpha value is -1.54. The van der Waals surface area contributed by atoms with Gasteiger partial charge in [0.15, 0.2) is 0 Å². The molecule has 0 spiro atoms. The molecular weight excluding hydrogens is 401 g/mol. The van der Waals surface area contributed by atoms with E-state index in [9.17, 15) is 9.59 Å². The quantitative estimate of drug-likeness (QED) is 0.580. The third-order valence-electron chi connectivity index (χ3n) is 2.60. The molecule has 0 radical (unpaired) electrons. The predicted molar refractivity (Wildman–Crippen MR) is 91.9 cm³/mol. The minimum atomic E-state index is -0.972. The van der Waals surface area contributed by atoms with E-state index in [1.165, 1.54) is 17.8 Å². The van der Waals surface area contributed by atoms with Crippen LogP contribution in [0.25, 0.3) is 0 Å². The van der Waals surface area contributed by atoms with Gasteiger partial charge in [0, 0.05) is 8.47 Å². The highest BCUT2D eigenvalue weighted by Crippen LogP contribution is 2.21. The molecule has 0 aliphatic carbocycles. The fourth-order valence-electron chi connectivity index (χ4n) is 1.62. The van der Waals surface area contributed by atoms with Crippen LogP contribution < -0.4 is 5.32 Å². The lowest BCUT2D eigenvalue weighted by molar-refractivity contribution is -0.113. The summed E-state index contributed by atoms with van der Waals surface area (Å²) in [5.41, 5.74) is 1.00. The van der Waals surface area contributed by atoms with Gasteiger partial charge in [0.05, 0.1) is 17.0 Å². The van der Waals surface area contributed by atoms with Gasteiger partial charge in [-0.15, -0.1) is 11.8 Å². The molecule has 108 valence electrons. The third-order valence-corrected chi connectivity index (χ3v) is 4.53. The Bertz CT molecular complexity index is 675. The molecule has 2 aromatic rings. The van der Waals surface area contributed by atoms with E-state index in [1.54, 1.807) is 18.2 Å². The lowest BCUT2D eigenvalue weighted by Gasteiger charge is -2.07. The van der Waals surface area contributed by atoms with E-state index in [0.29, 0.717) is 0 Å². The molecule has 0 unspecified atom stereocenters. The molecule has 2 rings (SSSR count). The molecule has 2 aromatic carbocycles. The van der Waals surface area contributed by atoms with Crippen LogP contribution >= 0.6 is 34.4 Å². The standard InChI is InChI=1S/C15H12INO3S/c16-12-6-1-2-7-13(12)17-14(18)9-21-11-5-3-4-10(8-11)15(19)20/h1-8H,9H2,(H,17,18)(H,19,20). The first kappa shape index (κ1) is 15.8. The molecule has 0 aliphatic rings. The molecule has 0 aliphatic heterocycles. The van der Waals surface area contributed by atoms with Gasteiger partial charge in [-0.1, -0.05) is 18.2 Å². The van der Waals surface area contributed by atoms with Crippen LogP contribution in [0, 0.1) is 3.57 Å². The van der Waals surface area contributed by atoms with Crippen LogP contribution in [0.2, 0.25) is 0 Å². The van der Waals surface area contributed by atoms with E-state index in [0.717, 1.165) is 14.2 Å². The van der Waals surface area contributed by atoms with Gasteiger partial charge in [-0.2, -0.15) is 0 Å². The number of hydrogen-bond donors (Lipinski definition) is 2. The molecule has 0 atom stereocenters. The summed E-state index contributed by atoms with van der Waals surface area (Å²) in [6, 6.07) is 14.1. The second kappa shape index (κ2) is 7.46. The number of anilines is 1. The first-order valence-corrected chi connectivity index (χ1v) is 8.13. The fraction of sp³-hybridized carbons (Fsp3) is 0.0667. The predicted octanol–water partition coefficient (Wildman–Crippen LogP) is 3.72. The SMILES string of the molecule is O=C(CSc1cccc(C(=O)O)c1)Nc1ccccc1I.